The quantitative estimate of drug-likeness (QED) is 0.654. The molecule has 0 radical (unpaired) electrons. The van der Waals surface area contributed by atoms with Gasteiger partial charge in [0.1, 0.15) is 5.90 Å². The Hall–Kier alpha value is -0.510. The lowest BCUT2D eigenvalue weighted by atomic mass is 10.5. The second-order valence-electron chi connectivity index (χ2n) is 2.24. The smallest absolute Gasteiger partial charge is 0.334 e. The van der Waals surface area contributed by atoms with E-state index in [9.17, 15) is 9.13 Å². The van der Waals surface area contributed by atoms with Gasteiger partial charge >= 0.3 is 7.60 Å². The molecule has 14 heavy (non-hydrogen) atoms. The Bertz CT molecular complexity index is 285. The SMILES string of the molecule is O=[PH](O)CP(=O)(O)O.c1ccncc1. The van der Waals surface area contributed by atoms with Crippen molar-refractivity contribution in [2.45, 2.75) is 0 Å². The van der Waals surface area contributed by atoms with Crippen molar-refractivity contribution in [2.75, 3.05) is 5.90 Å². The lowest BCUT2D eigenvalue weighted by Crippen LogP contribution is -1.78. The van der Waals surface area contributed by atoms with Gasteiger partial charge in [-0.05, 0) is 12.1 Å². The lowest BCUT2D eigenvalue weighted by molar-refractivity contribution is 0.377. The highest BCUT2D eigenvalue weighted by Crippen LogP contribution is 2.42. The number of nitrogens with zero attached hydrogens (tertiary/aromatic N) is 1. The second kappa shape index (κ2) is 6.87. The van der Waals surface area contributed by atoms with Gasteiger partial charge in [-0.15, -0.1) is 0 Å². The van der Waals surface area contributed by atoms with E-state index in [0.29, 0.717) is 0 Å². The van der Waals surface area contributed by atoms with Crippen molar-refractivity contribution in [2.24, 2.45) is 0 Å². The topological polar surface area (TPSA) is 108 Å². The molecule has 1 aromatic rings. The minimum Gasteiger partial charge on any atom is -0.346 e. The molecule has 0 aliphatic rings. The maximum atomic E-state index is 9.80. The van der Waals surface area contributed by atoms with Crippen molar-refractivity contribution in [1.29, 1.82) is 0 Å². The molecule has 0 aliphatic carbocycles. The summed E-state index contributed by atoms with van der Waals surface area (Å²) in [7, 11) is -7.24. The van der Waals surface area contributed by atoms with E-state index in [1.165, 1.54) is 0 Å². The Balaban J connectivity index is 0.000000249. The Labute approximate surface area is 81.7 Å². The molecule has 1 atom stereocenters. The summed E-state index contributed by atoms with van der Waals surface area (Å²) in [5.74, 6) is -0.905. The van der Waals surface area contributed by atoms with Crippen LogP contribution in [0, 0.1) is 0 Å². The van der Waals surface area contributed by atoms with Gasteiger partial charge in [0.05, 0.1) is 0 Å². The fourth-order valence-electron chi connectivity index (χ4n) is 0.489. The van der Waals surface area contributed by atoms with Crippen LogP contribution in [0.15, 0.2) is 30.6 Å². The molecule has 0 saturated carbocycles. The Morgan fingerprint density at radius 1 is 1.21 bits per heavy atom. The zero-order chi connectivity index (χ0) is 11.0. The molecule has 1 unspecified atom stereocenters. The molecule has 3 N–H and O–H groups in total. The molecular weight excluding hydrogens is 228 g/mol. The van der Waals surface area contributed by atoms with Gasteiger partial charge < -0.3 is 14.7 Å². The van der Waals surface area contributed by atoms with Crippen LogP contribution in [-0.2, 0) is 9.13 Å². The summed E-state index contributed by atoms with van der Waals surface area (Å²) in [5.41, 5.74) is 0. The Morgan fingerprint density at radius 2 is 1.71 bits per heavy atom. The molecule has 1 rings (SSSR count). The first kappa shape index (κ1) is 13.5. The predicted octanol–water partition coefficient (Wildman–Crippen LogP) is 0.670. The minimum atomic E-state index is -4.24. The highest BCUT2D eigenvalue weighted by Gasteiger charge is 2.15. The standard InChI is InChI=1S/C5H5N.CH6O5P2/c1-2-4-6-5-3-1;2-7(3)1-8(4,5)6/h1-5H;7H,1H2,(H,2,3)(H2,4,5,6). The zero-order valence-electron chi connectivity index (χ0n) is 7.15. The van der Waals surface area contributed by atoms with Crippen molar-refractivity contribution in [3.63, 3.8) is 0 Å². The van der Waals surface area contributed by atoms with E-state index >= 15 is 0 Å². The van der Waals surface area contributed by atoms with Crippen LogP contribution in [0.2, 0.25) is 0 Å². The molecule has 80 valence electrons. The van der Waals surface area contributed by atoms with Crippen molar-refractivity contribution in [3.8, 4) is 0 Å². The lowest BCUT2D eigenvalue weighted by Gasteiger charge is -1.96. The van der Waals surface area contributed by atoms with Gasteiger partial charge in [0.25, 0.3) is 0 Å². The summed E-state index contributed by atoms with van der Waals surface area (Å²) in [5, 5.41) is 0. The third-order valence-corrected chi connectivity index (χ3v) is 3.64. The summed E-state index contributed by atoms with van der Waals surface area (Å²) < 4.78 is 19.5. The van der Waals surface area contributed by atoms with Crippen molar-refractivity contribution < 1.29 is 23.8 Å². The molecule has 0 bridgehead atoms. The van der Waals surface area contributed by atoms with Crippen molar-refractivity contribution in [3.05, 3.63) is 30.6 Å². The van der Waals surface area contributed by atoms with Gasteiger partial charge in [-0.2, -0.15) is 0 Å². The first-order chi connectivity index (χ1) is 6.42. The largest absolute Gasteiger partial charge is 0.346 e. The van der Waals surface area contributed by atoms with Crippen LogP contribution in [0.4, 0.5) is 0 Å². The molecule has 0 aromatic carbocycles. The molecule has 0 amide bonds. The molecule has 8 heteroatoms. The summed E-state index contributed by atoms with van der Waals surface area (Å²) in [6, 6.07) is 5.72. The van der Waals surface area contributed by atoms with E-state index < -0.39 is 21.5 Å². The number of aromatic nitrogens is 1. The van der Waals surface area contributed by atoms with Crippen LogP contribution >= 0.6 is 15.6 Å². The van der Waals surface area contributed by atoms with Gasteiger partial charge in [0.2, 0.25) is 8.03 Å². The van der Waals surface area contributed by atoms with Crippen LogP contribution in [0.5, 0.6) is 0 Å². The maximum absolute atomic E-state index is 9.80. The zero-order valence-corrected chi connectivity index (χ0v) is 9.04. The average Bonchev–Trinajstić information content (AvgIpc) is 2.03. The molecule has 6 nitrogen and oxygen atoms in total. The van der Waals surface area contributed by atoms with Crippen molar-refractivity contribution in [1.82, 2.24) is 4.98 Å². The van der Waals surface area contributed by atoms with Gasteiger partial charge in [-0.1, -0.05) is 6.07 Å². The number of pyridine rings is 1. The van der Waals surface area contributed by atoms with E-state index in [0.717, 1.165) is 0 Å². The van der Waals surface area contributed by atoms with Crippen LogP contribution in [0.25, 0.3) is 0 Å². The molecule has 0 fully saturated rings. The van der Waals surface area contributed by atoms with Crippen LogP contribution < -0.4 is 0 Å². The molecule has 0 spiro atoms. The molecule has 1 aromatic heterocycles. The summed E-state index contributed by atoms with van der Waals surface area (Å²) in [6.45, 7) is 0. The molecule has 1 heterocycles. The monoisotopic (exact) mass is 239 g/mol. The fraction of sp³-hybridized carbons (Fsp3) is 0.167. The van der Waals surface area contributed by atoms with Crippen molar-refractivity contribution >= 4 is 15.6 Å². The maximum Gasteiger partial charge on any atom is 0.334 e. The summed E-state index contributed by atoms with van der Waals surface area (Å²) in [6.07, 6.45) is 3.50. The summed E-state index contributed by atoms with van der Waals surface area (Å²) >= 11 is 0. The van der Waals surface area contributed by atoms with Crippen LogP contribution in [-0.4, -0.2) is 25.6 Å². The number of rotatable bonds is 2. The predicted molar refractivity (Wildman–Crippen MR) is 52.4 cm³/mol. The second-order valence-corrected chi connectivity index (χ2v) is 5.62. The summed E-state index contributed by atoms with van der Waals surface area (Å²) in [4.78, 5) is 27.7. The Kier molecular flexibility index (Phi) is 6.62. The van der Waals surface area contributed by atoms with Gasteiger partial charge in [0, 0.05) is 12.4 Å². The highest BCUT2D eigenvalue weighted by molar-refractivity contribution is 7.64. The highest BCUT2D eigenvalue weighted by atomic mass is 31.2. The van der Waals surface area contributed by atoms with E-state index in [2.05, 4.69) is 4.98 Å². The third-order valence-electron chi connectivity index (χ3n) is 0.908. The number of hydrogen-bond donors (Lipinski definition) is 3. The van der Waals surface area contributed by atoms with Crippen LogP contribution in [0.3, 0.4) is 0 Å². The minimum absolute atomic E-state index is 0.905. The van der Waals surface area contributed by atoms with E-state index in [1.807, 2.05) is 18.2 Å². The van der Waals surface area contributed by atoms with Gasteiger partial charge in [0.15, 0.2) is 0 Å². The third kappa shape index (κ3) is 11.5. The fourth-order valence-corrected chi connectivity index (χ4v) is 1.90. The molecule has 0 saturated heterocycles. The molecule has 0 aliphatic heterocycles. The number of hydrogen-bond acceptors (Lipinski definition) is 3. The Morgan fingerprint density at radius 3 is 1.79 bits per heavy atom. The average molecular weight is 239 g/mol. The normalized spacial score (nSPS) is 12.5. The first-order valence-corrected chi connectivity index (χ1v) is 6.89. The molecular formula is C6H11NO5P2. The van der Waals surface area contributed by atoms with E-state index in [4.69, 9.17) is 14.7 Å². The van der Waals surface area contributed by atoms with Gasteiger partial charge in [-0.25, -0.2) is 0 Å². The van der Waals surface area contributed by atoms with E-state index in [1.54, 1.807) is 12.4 Å². The van der Waals surface area contributed by atoms with Crippen LogP contribution in [0.1, 0.15) is 0 Å². The first-order valence-electron chi connectivity index (χ1n) is 3.53. The van der Waals surface area contributed by atoms with Gasteiger partial charge in [-0.3, -0.25) is 14.1 Å². The van der Waals surface area contributed by atoms with E-state index in [-0.39, 0.29) is 0 Å².